The number of carbonyl (C=O) groups is 2. The molecule has 0 fully saturated rings. The van der Waals surface area contributed by atoms with Gasteiger partial charge in [-0.3, -0.25) is 14.6 Å². The average Bonchev–Trinajstić information content (AvgIpc) is 3.19. The number of carbonyl (C=O) groups excluding carboxylic acids is 2. The fourth-order valence-electron chi connectivity index (χ4n) is 2.99. The molecule has 8 heteroatoms. The number of hydrogen-bond acceptors (Lipinski definition) is 5. The van der Waals surface area contributed by atoms with E-state index in [4.69, 9.17) is 4.74 Å². The van der Waals surface area contributed by atoms with Gasteiger partial charge in [0.15, 0.2) is 5.69 Å². The van der Waals surface area contributed by atoms with Gasteiger partial charge in [-0.1, -0.05) is 6.08 Å². The molecule has 0 unspecified atom stereocenters. The number of amides is 1. The van der Waals surface area contributed by atoms with Crippen LogP contribution < -0.4 is 0 Å². The third kappa shape index (κ3) is 3.19. The first kappa shape index (κ1) is 16.9. The highest BCUT2D eigenvalue weighted by Gasteiger charge is 2.31. The monoisotopic (exact) mass is 343 g/mol. The molecular formula is C17H21N5O3. The van der Waals surface area contributed by atoms with Crippen LogP contribution in [0, 0.1) is 6.92 Å². The Morgan fingerprint density at radius 3 is 2.92 bits per heavy atom. The summed E-state index contributed by atoms with van der Waals surface area (Å²) in [6.45, 7) is 8.96. The molecular weight excluding hydrogens is 322 g/mol. The molecule has 132 valence electrons. The summed E-state index contributed by atoms with van der Waals surface area (Å²) < 4.78 is 6.87. The summed E-state index contributed by atoms with van der Waals surface area (Å²) in [5, 5.41) is 11.2. The van der Waals surface area contributed by atoms with E-state index in [2.05, 4.69) is 21.9 Å². The first-order chi connectivity index (χ1) is 12.0. The number of nitrogens with zero attached hydrogens (tertiary/aromatic N) is 4. The van der Waals surface area contributed by atoms with Crippen molar-refractivity contribution in [3.63, 3.8) is 0 Å². The van der Waals surface area contributed by atoms with Gasteiger partial charge in [0, 0.05) is 29.9 Å². The van der Waals surface area contributed by atoms with E-state index in [0.717, 1.165) is 17.0 Å². The Morgan fingerprint density at radius 1 is 1.48 bits per heavy atom. The number of aromatic amines is 1. The molecule has 3 heterocycles. The Labute approximate surface area is 145 Å². The van der Waals surface area contributed by atoms with Gasteiger partial charge in [-0.25, -0.2) is 4.79 Å². The Kier molecular flexibility index (Phi) is 4.69. The highest BCUT2D eigenvalue weighted by molar-refractivity contribution is 5.93. The van der Waals surface area contributed by atoms with Gasteiger partial charge in [-0.15, -0.1) is 6.58 Å². The molecule has 1 amide bonds. The summed E-state index contributed by atoms with van der Waals surface area (Å²) in [5.41, 5.74) is 3.16. The van der Waals surface area contributed by atoms with Crippen molar-refractivity contribution in [1.29, 1.82) is 0 Å². The number of rotatable bonds is 5. The number of aryl methyl sites for hydroxylation is 1. The van der Waals surface area contributed by atoms with Gasteiger partial charge in [0.05, 0.1) is 19.7 Å². The predicted octanol–water partition coefficient (Wildman–Crippen LogP) is 1.48. The van der Waals surface area contributed by atoms with Crippen molar-refractivity contribution in [2.45, 2.75) is 33.4 Å². The van der Waals surface area contributed by atoms with Crippen LogP contribution in [0.15, 0.2) is 18.7 Å². The molecule has 25 heavy (non-hydrogen) atoms. The highest BCUT2D eigenvalue weighted by atomic mass is 16.5. The molecule has 0 bridgehead atoms. The summed E-state index contributed by atoms with van der Waals surface area (Å²) in [6, 6.07) is 1.71. The van der Waals surface area contributed by atoms with Gasteiger partial charge in [0.1, 0.15) is 5.69 Å². The molecule has 0 spiro atoms. The molecule has 1 aliphatic rings. The smallest absolute Gasteiger partial charge is 0.359 e. The Bertz CT molecular complexity index is 820. The van der Waals surface area contributed by atoms with Crippen molar-refractivity contribution in [3.05, 3.63) is 47.1 Å². The SMILES string of the molecule is C=CCn1nc(C(=O)OCC)c2c1CCN(C(=O)c1cc(C)[nH]n1)C2. The number of esters is 1. The van der Waals surface area contributed by atoms with E-state index in [1.54, 1.807) is 28.6 Å². The van der Waals surface area contributed by atoms with Crippen LogP contribution >= 0.6 is 0 Å². The van der Waals surface area contributed by atoms with E-state index < -0.39 is 5.97 Å². The number of allylic oxidation sites excluding steroid dienone is 1. The zero-order valence-corrected chi connectivity index (χ0v) is 14.4. The van der Waals surface area contributed by atoms with E-state index >= 15 is 0 Å². The maximum Gasteiger partial charge on any atom is 0.359 e. The fraction of sp³-hybridized carbons (Fsp3) is 0.412. The maximum absolute atomic E-state index is 12.6. The minimum absolute atomic E-state index is 0.165. The van der Waals surface area contributed by atoms with E-state index in [-0.39, 0.29) is 18.2 Å². The Balaban J connectivity index is 1.91. The normalized spacial score (nSPS) is 13.4. The summed E-state index contributed by atoms with van der Waals surface area (Å²) >= 11 is 0. The molecule has 8 nitrogen and oxygen atoms in total. The van der Waals surface area contributed by atoms with E-state index in [1.807, 2.05) is 6.92 Å². The van der Waals surface area contributed by atoms with Gasteiger partial charge in [0.25, 0.3) is 5.91 Å². The number of aromatic nitrogens is 4. The lowest BCUT2D eigenvalue weighted by Crippen LogP contribution is -2.37. The standard InChI is InChI=1S/C17H21N5O3/c1-4-7-22-14-6-8-21(16(23)13-9-11(3)18-19-13)10-12(14)15(20-22)17(24)25-5-2/h4,9H,1,5-8,10H2,2-3H3,(H,18,19). The average molecular weight is 343 g/mol. The lowest BCUT2D eigenvalue weighted by atomic mass is 10.0. The quantitative estimate of drug-likeness (QED) is 0.655. The zero-order chi connectivity index (χ0) is 18.0. The third-order valence-electron chi connectivity index (χ3n) is 4.12. The maximum atomic E-state index is 12.6. The second-order valence-corrected chi connectivity index (χ2v) is 5.88. The number of H-pyrrole nitrogens is 1. The molecule has 0 radical (unpaired) electrons. The molecule has 1 N–H and O–H groups in total. The molecule has 0 saturated carbocycles. The van der Waals surface area contributed by atoms with Gasteiger partial charge >= 0.3 is 5.97 Å². The minimum Gasteiger partial charge on any atom is -0.461 e. The van der Waals surface area contributed by atoms with Crippen LogP contribution in [-0.2, 0) is 24.2 Å². The van der Waals surface area contributed by atoms with Crippen molar-refractivity contribution in [3.8, 4) is 0 Å². The third-order valence-corrected chi connectivity index (χ3v) is 4.12. The molecule has 0 saturated heterocycles. The second-order valence-electron chi connectivity index (χ2n) is 5.88. The molecule has 0 aliphatic carbocycles. The van der Waals surface area contributed by atoms with E-state index in [9.17, 15) is 9.59 Å². The lowest BCUT2D eigenvalue weighted by Gasteiger charge is -2.27. The summed E-state index contributed by atoms with van der Waals surface area (Å²) in [5.74, 6) is -0.632. The molecule has 0 atom stereocenters. The van der Waals surface area contributed by atoms with Crippen LogP contribution in [0.2, 0.25) is 0 Å². The number of fused-ring (bicyclic) bond motifs is 1. The van der Waals surface area contributed by atoms with Crippen LogP contribution in [0.5, 0.6) is 0 Å². The van der Waals surface area contributed by atoms with Gasteiger partial charge in [0.2, 0.25) is 0 Å². The molecule has 0 aromatic carbocycles. The van der Waals surface area contributed by atoms with E-state index in [0.29, 0.717) is 31.7 Å². The Hall–Kier alpha value is -2.90. The van der Waals surface area contributed by atoms with Crippen molar-refractivity contribution in [2.24, 2.45) is 0 Å². The van der Waals surface area contributed by atoms with Gasteiger partial charge in [-0.05, 0) is 19.9 Å². The largest absolute Gasteiger partial charge is 0.461 e. The van der Waals surface area contributed by atoms with Crippen molar-refractivity contribution >= 4 is 11.9 Å². The second kappa shape index (κ2) is 6.92. The number of ether oxygens (including phenoxy) is 1. The molecule has 2 aromatic rings. The first-order valence-electron chi connectivity index (χ1n) is 8.23. The van der Waals surface area contributed by atoms with Crippen LogP contribution in [0.25, 0.3) is 0 Å². The summed E-state index contributed by atoms with van der Waals surface area (Å²) in [7, 11) is 0. The van der Waals surface area contributed by atoms with Gasteiger partial charge in [-0.2, -0.15) is 10.2 Å². The topological polar surface area (TPSA) is 93.1 Å². The number of hydrogen-bond donors (Lipinski definition) is 1. The minimum atomic E-state index is -0.466. The highest BCUT2D eigenvalue weighted by Crippen LogP contribution is 2.24. The Morgan fingerprint density at radius 2 is 2.28 bits per heavy atom. The van der Waals surface area contributed by atoms with Crippen LogP contribution in [0.1, 0.15) is 44.9 Å². The van der Waals surface area contributed by atoms with Crippen molar-refractivity contribution < 1.29 is 14.3 Å². The van der Waals surface area contributed by atoms with Crippen molar-refractivity contribution in [1.82, 2.24) is 24.9 Å². The summed E-state index contributed by atoms with van der Waals surface area (Å²) in [4.78, 5) is 26.6. The van der Waals surface area contributed by atoms with Crippen LogP contribution in [-0.4, -0.2) is 49.9 Å². The predicted molar refractivity (Wildman–Crippen MR) is 90.1 cm³/mol. The number of nitrogens with one attached hydrogen (secondary N) is 1. The first-order valence-corrected chi connectivity index (χ1v) is 8.23. The zero-order valence-electron chi connectivity index (χ0n) is 14.4. The summed E-state index contributed by atoms with van der Waals surface area (Å²) in [6.07, 6.45) is 2.34. The lowest BCUT2D eigenvalue weighted by molar-refractivity contribution is 0.0513. The van der Waals surface area contributed by atoms with E-state index in [1.165, 1.54) is 0 Å². The van der Waals surface area contributed by atoms with Crippen LogP contribution in [0.3, 0.4) is 0 Å². The van der Waals surface area contributed by atoms with Crippen molar-refractivity contribution in [2.75, 3.05) is 13.2 Å². The van der Waals surface area contributed by atoms with Crippen LogP contribution in [0.4, 0.5) is 0 Å². The molecule has 3 rings (SSSR count). The molecule has 1 aliphatic heterocycles. The molecule has 2 aromatic heterocycles. The fourth-order valence-corrected chi connectivity index (χ4v) is 2.99. The van der Waals surface area contributed by atoms with Gasteiger partial charge < -0.3 is 9.64 Å².